The Balaban J connectivity index is 1.48. The van der Waals surface area contributed by atoms with Crippen molar-refractivity contribution in [1.82, 2.24) is 14.8 Å². The predicted molar refractivity (Wildman–Crippen MR) is 168 cm³/mol. The summed E-state index contributed by atoms with van der Waals surface area (Å²) in [5.41, 5.74) is 3.90. The number of allylic oxidation sites excluding steroid dienone is 1. The van der Waals surface area contributed by atoms with Gasteiger partial charge in [-0.25, -0.2) is 9.48 Å². The highest BCUT2D eigenvalue weighted by atomic mass is 79.9. The monoisotopic (exact) mass is 668 g/mol. The van der Waals surface area contributed by atoms with E-state index < -0.39 is 12.0 Å². The van der Waals surface area contributed by atoms with E-state index in [1.54, 1.807) is 11.6 Å². The van der Waals surface area contributed by atoms with Crippen molar-refractivity contribution in [1.29, 1.82) is 0 Å². The zero-order valence-electron chi connectivity index (χ0n) is 23.4. The van der Waals surface area contributed by atoms with Gasteiger partial charge in [0, 0.05) is 20.9 Å². The van der Waals surface area contributed by atoms with Crippen LogP contribution in [0.1, 0.15) is 43.5 Å². The molecule has 1 aliphatic heterocycles. The first-order chi connectivity index (χ1) is 20.4. The number of hydrogen-bond donors (Lipinski definition) is 1. The largest absolute Gasteiger partial charge is 0.490 e. The molecule has 0 saturated heterocycles. The Kier molecular flexibility index (Phi) is 9.76. The lowest BCUT2D eigenvalue weighted by atomic mass is 9.95. The van der Waals surface area contributed by atoms with Crippen LogP contribution >= 0.6 is 39.3 Å². The third-order valence-corrected chi connectivity index (χ3v) is 8.32. The van der Waals surface area contributed by atoms with E-state index in [0.29, 0.717) is 57.9 Å². The number of hydrogen-bond acceptors (Lipinski definition) is 8. The molecular formula is C31H30BrClN4O4S. The highest BCUT2D eigenvalue weighted by molar-refractivity contribution is 9.10. The van der Waals surface area contributed by atoms with Crippen molar-refractivity contribution in [3.05, 3.63) is 104 Å². The molecule has 0 saturated carbocycles. The summed E-state index contributed by atoms with van der Waals surface area (Å²) in [6, 6.07) is 20.7. The number of ether oxygens (including phenoxy) is 3. The third-order valence-electron chi connectivity index (χ3n) is 6.53. The van der Waals surface area contributed by atoms with Crippen molar-refractivity contribution in [2.24, 2.45) is 0 Å². The minimum atomic E-state index is -0.595. The molecule has 0 aliphatic carbocycles. The molecule has 1 aliphatic rings. The number of anilines is 1. The summed E-state index contributed by atoms with van der Waals surface area (Å²) in [6.07, 6.45) is 0. The smallest absolute Gasteiger partial charge is 0.338 e. The fraction of sp³-hybridized carbons (Fsp3) is 0.258. The van der Waals surface area contributed by atoms with Crippen molar-refractivity contribution in [2.45, 2.75) is 44.3 Å². The molecule has 1 atom stereocenters. The number of fused-ring (bicyclic) bond motifs is 1. The molecule has 0 bridgehead atoms. The average molecular weight is 670 g/mol. The van der Waals surface area contributed by atoms with Crippen LogP contribution in [0.4, 0.5) is 5.95 Å². The Morgan fingerprint density at radius 2 is 1.83 bits per heavy atom. The second-order valence-electron chi connectivity index (χ2n) is 9.38. The summed E-state index contributed by atoms with van der Waals surface area (Å²) in [5.74, 6) is 1.88. The Bertz CT molecular complexity index is 1610. The maximum atomic E-state index is 13.3. The number of nitrogens with zero attached hydrogens (tertiary/aromatic N) is 3. The van der Waals surface area contributed by atoms with Gasteiger partial charge in [-0.2, -0.15) is 4.98 Å². The van der Waals surface area contributed by atoms with E-state index in [1.165, 1.54) is 11.8 Å². The van der Waals surface area contributed by atoms with Crippen LogP contribution in [0, 0.1) is 0 Å². The van der Waals surface area contributed by atoms with Crippen LogP contribution in [0.5, 0.6) is 11.5 Å². The first-order valence-corrected chi connectivity index (χ1v) is 15.6. The van der Waals surface area contributed by atoms with Gasteiger partial charge in [-0.1, -0.05) is 75.7 Å². The van der Waals surface area contributed by atoms with Crippen molar-refractivity contribution >= 4 is 51.2 Å². The molecule has 4 aromatic rings. The van der Waals surface area contributed by atoms with E-state index in [4.69, 9.17) is 35.9 Å². The van der Waals surface area contributed by atoms with Crippen LogP contribution < -0.4 is 14.8 Å². The molecule has 1 unspecified atom stereocenters. The molecule has 218 valence electrons. The number of nitrogens with one attached hydrogen (secondary N) is 1. The molecular weight excluding hydrogens is 640 g/mol. The molecule has 3 aromatic carbocycles. The minimum Gasteiger partial charge on any atom is -0.490 e. The van der Waals surface area contributed by atoms with E-state index in [1.807, 2.05) is 80.6 Å². The summed E-state index contributed by atoms with van der Waals surface area (Å²) in [4.78, 5) is 18.0. The number of carbonyl (C=O) groups is 1. The number of aromatic nitrogens is 3. The Hall–Kier alpha value is -3.47. The molecule has 1 N–H and O–H groups in total. The van der Waals surface area contributed by atoms with Crippen LogP contribution in [0.2, 0.25) is 5.02 Å². The van der Waals surface area contributed by atoms with E-state index in [0.717, 1.165) is 21.2 Å². The standard InChI is InChI=1S/C31H30BrClN4O4S/c1-4-39-26-16-21(12-15-25(26)41-17-20-10-13-23(32)14-11-20)28-27(29(38)40-5-2)19(3)34-30-35-31(36-37(28)30)42-18-22-8-6-7-9-24(22)33/h6-16,28H,4-5,17-18H2,1-3H3,(H,34,35,36). The molecule has 0 fully saturated rings. The van der Waals surface area contributed by atoms with E-state index in [2.05, 4.69) is 21.2 Å². The summed E-state index contributed by atoms with van der Waals surface area (Å²) in [7, 11) is 0. The Labute approximate surface area is 262 Å². The summed E-state index contributed by atoms with van der Waals surface area (Å²) in [5, 5.41) is 9.30. The second-order valence-corrected chi connectivity index (χ2v) is 11.6. The summed E-state index contributed by atoms with van der Waals surface area (Å²) in [6.45, 7) is 6.62. The van der Waals surface area contributed by atoms with Crippen LogP contribution in [0.15, 0.2) is 87.6 Å². The van der Waals surface area contributed by atoms with Crippen molar-refractivity contribution < 1.29 is 19.0 Å². The zero-order valence-corrected chi connectivity index (χ0v) is 26.6. The predicted octanol–water partition coefficient (Wildman–Crippen LogP) is 7.82. The van der Waals surface area contributed by atoms with Crippen LogP contribution in [-0.2, 0) is 21.9 Å². The maximum Gasteiger partial charge on any atom is 0.338 e. The maximum absolute atomic E-state index is 13.3. The second kappa shape index (κ2) is 13.7. The topological polar surface area (TPSA) is 87.5 Å². The molecule has 8 nitrogen and oxygen atoms in total. The van der Waals surface area contributed by atoms with E-state index >= 15 is 0 Å². The van der Waals surface area contributed by atoms with Gasteiger partial charge in [-0.05, 0) is 67.8 Å². The Morgan fingerprint density at radius 3 is 2.57 bits per heavy atom. The van der Waals surface area contributed by atoms with Crippen LogP contribution in [-0.4, -0.2) is 33.9 Å². The molecule has 2 heterocycles. The minimum absolute atomic E-state index is 0.249. The quantitative estimate of drug-likeness (QED) is 0.128. The summed E-state index contributed by atoms with van der Waals surface area (Å²) < 4.78 is 20.3. The first kappa shape index (κ1) is 30.0. The first-order valence-electron chi connectivity index (χ1n) is 13.5. The van der Waals surface area contributed by atoms with Gasteiger partial charge >= 0.3 is 5.97 Å². The molecule has 42 heavy (non-hydrogen) atoms. The summed E-state index contributed by atoms with van der Waals surface area (Å²) >= 11 is 11.3. The van der Waals surface area contributed by atoms with E-state index in [9.17, 15) is 4.79 Å². The van der Waals surface area contributed by atoms with Crippen molar-refractivity contribution in [3.8, 4) is 11.5 Å². The Morgan fingerprint density at radius 1 is 1.05 bits per heavy atom. The van der Waals surface area contributed by atoms with Crippen molar-refractivity contribution in [3.63, 3.8) is 0 Å². The SMILES string of the molecule is CCOC(=O)C1=C(C)Nc2nc(SCc3ccccc3Cl)nn2C1c1ccc(OCc2ccc(Br)cc2)c(OCC)c1. The number of benzene rings is 3. The van der Waals surface area contributed by atoms with Gasteiger partial charge in [0.15, 0.2) is 11.5 Å². The molecule has 11 heteroatoms. The van der Waals surface area contributed by atoms with Gasteiger partial charge in [-0.3, -0.25) is 0 Å². The van der Waals surface area contributed by atoms with Crippen LogP contribution in [0.3, 0.4) is 0 Å². The van der Waals surface area contributed by atoms with Gasteiger partial charge in [0.25, 0.3) is 0 Å². The van der Waals surface area contributed by atoms with Gasteiger partial charge in [0.05, 0.1) is 18.8 Å². The van der Waals surface area contributed by atoms with Gasteiger partial charge in [0.1, 0.15) is 12.6 Å². The number of thioether (sulfide) groups is 1. The molecule has 0 radical (unpaired) electrons. The number of esters is 1. The highest BCUT2D eigenvalue weighted by Crippen LogP contribution is 2.40. The fourth-order valence-corrected chi connectivity index (χ4v) is 5.93. The van der Waals surface area contributed by atoms with Crippen LogP contribution in [0.25, 0.3) is 0 Å². The van der Waals surface area contributed by atoms with E-state index in [-0.39, 0.29) is 6.61 Å². The van der Waals surface area contributed by atoms with Gasteiger partial charge < -0.3 is 19.5 Å². The average Bonchev–Trinajstić information content (AvgIpc) is 3.38. The molecule has 0 spiro atoms. The lowest BCUT2D eigenvalue weighted by Gasteiger charge is -2.28. The molecule has 5 rings (SSSR count). The lowest BCUT2D eigenvalue weighted by Crippen LogP contribution is -2.29. The molecule has 1 aromatic heterocycles. The third kappa shape index (κ3) is 6.77. The highest BCUT2D eigenvalue weighted by Gasteiger charge is 2.35. The van der Waals surface area contributed by atoms with Gasteiger partial charge in [-0.15, -0.1) is 5.10 Å². The lowest BCUT2D eigenvalue weighted by molar-refractivity contribution is -0.139. The normalized spacial score (nSPS) is 14.3. The number of carbonyl (C=O) groups excluding carboxylic acids is 1. The number of rotatable bonds is 11. The van der Waals surface area contributed by atoms with Gasteiger partial charge in [0.2, 0.25) is 11.1 Å². The number of halogens is 2. The zero-order chi connectivity index (χ0) is 29.6. The fourth-order valence-electron chi connectivity index (χ4n) is 4.56. The van der Waals surface area contributed by atoms with Crippen molar-refractivity contribution in [2.75, 3.05) is 18.5 Å². The molecule has 0 amide bonds.